The van der Waals surface area contributed by atoms with Crippen LogP contribution in [0.15, 0.2) is 23.4 Å². The lowest BCUT2D eigenvalue weighted by atomic mass is 10.4. The van der Waals surface area contributed by atoms with Crippen LogP contribution in [-0.2, 0) is 14.8 Å². The summed E-state index contributed by atoms with van der Waals surface area (Å²) in [4.78, 5) is 4.14. The van der Waals surface area contributed by atoms with Crippen molar-refractivity contribution in [3.05, 3.63) is 18.5 Å². The van der Waals surface area contributed by atoms with E-state index < -0.39 is 10.0 Å². The monoisotopic (exact) mass is 301 g/mol. The van der Waals surface area contributed by atoms with Crippen molar-refractivity contribution in [1.29, 1.82) is 0 Å². The molecule has 1 aromatic rings. The first-order chi connectivity index (χ1) is 9.48. The van der Waals surface area contributed by atoms with E-state index in [1.807, 2.05) is 20.8 Å². The van der Waals surface area contributed by atoms with E-state index in [-0.39, 0.29) is 10.9 Å². The van der Waals surface area contributed by atoms with E-state index >= 15 is 0 Å². The molecule has 1 N–H and O–H groups in total. The molecule has 1 heterocycles. The van der Waals surface area contributed by atoms with Crippen molar-refractivity contribution in [2.75, 3.05) is 32.1 Å². The normalized spacial score (nSPS) is 13.4. The van der Waals surface area contributed by atoms with Crippen LogP contribution in [-0.4, -0.2) is 50.6 Å². The molecule has 7 heteroatoms. The van der Waals surface area contributed by atoms with Gasteiger partial charge in [0.1, 0.15) is 4.90 Å². The highest BCUT2D eigenvalue weighted by molar-refractivity contribution is 7.89. The molecular formula is C13H23N3O3S. The van der Waals surface area contributed by atoms with Crippen LogP contribution in [0.4, 0.5) is 5.69 Å². The molecule has 0 fully saturated rings. The third-order valence-electron chi connectivity index (χ3n) is 2.95. The van der Waals surface area contributed by atoms with Crippen LogP contribution in [0, 0.1) is 0 Å². The fourth-order valence-corrected chi connectivity index (χ4v) is 3.83. The minimum Gasteiger partial charge on any atom is -0.384 e. The highest BCUT2D eigenvalue weighted by Gasteiger charge is 2.29. The van der Waals surface area contributed by atoms with Crippen LogP contribution < -0.4 is 5.32 Å². The Balaban J connectivity index is 3.20. The predicted molar refractivity (Wildman–Crippen MR) is 79.3 cm³/mol. The van der Waals surface area contributed by atoms with Crippen molar-refractivity contribution in [2.24, 2.45) is 0 Å². The van der Waals surface area contributed by atoms with E-state index in [9.17, 15) is 8.42 Å². The molecule has 1 rings (SSSR count). The van der Waals surface area contributed by atoms with Crippen LogP contribution >= 0.6 is 0 Å². The number of nitrogens with one attached hydrogen (secondary N) is 1. The molecule has 0 spiro atoms. The molecule has 0 aromatic carbocycles. The van der Waals surface area contributed by atoms with Crippen LogP contribution in [0.25, 0.3) is 0 Å². The summed E-state index contributed by atoms with van der Waals surface area (Å²) in [5, 5.41) is 3.06. The first kappa shape index (κ1) is 16.9. The fourth-order valence-electron chi connectivity index (χ4n) is 2.09. The summed E-state index contributed by atoms with van der Waals surface area (Å²) in [6.07, 6.45) is 2.96. The second kappa shape index (κ2) is 7.56. The molecule has 0 saturated carbocycles. The Kier molecular flexibility index (Phi) is 6.38. The Hall–Kier alpha value is -1.18. The Morgan fingerprint density at radius 3 is 2.70 bits per heavy atom. The second-order valence-electron chi connectivity index (χ2n) is 4.41. The summed E-state index contributed by atoms with van der Waals surface area (Å²) in [6.45, 7) is 6.94. The molecule has 114 valence electrons. The van der Waals surface area contributed by atoms with E-state index in [2.05, 4.69) is 10.3 Å². The summed E-state index contributed by atoms with van der Waals surface area (Å²) in [5.74, 6) is 0. The number of nitrogens with zero attached hydrogens (tertiary/aromatic N) is 2. The van der Waals surface area contributed by atoms with Crippen LogP contribution in [0.2, 0.25) is 0 Å². The smallest absolute Gasteiger partial charge is 0.246 e. The van der Waals surface area contributed by atoms with E-state index in [1.165, 1.54) is 10.5 Å². The fraction of sp³-hybridized carbons (Fsp3) is 0.615. The zero-order valence-electron chi connectivity index (χ0n) is 12.5. The standard InChI is InChI=1S/C13H23N3O3S/c1-5-15-12-7-8-14-9-13(12)20(17,18)16(6-2)11(3)10-19-4/h7-9,11H,5-6,10H2,1-4H3,(H,14,15). The molecule has 1 atom stereocenters. The number of pyridine rings is 1. The molecule has 1 unspecified atom stereocenters. The van der Waals surface area contributed by atoms with Gasteiger partial charge in [0, 0.05) is 38.6 Å². The molecule has 0 aliphatic carbocycles. The van der Waals surface area contributed by atoms with E-state index in [1.54, 1.807) is 19.4 Å². The molecule has 0 bridgehead atoms. The van der Waals surface area contributed by atoms with Gasteiger partial charge in [0.05, 0.1) is 12.3 Å². The van der Waals surface area contributed by atoms with Crippen molar-refractivity contribution in [1.82, 2.24) is 9.29 Å². The third-order valence-corrected chi connectivity index (χ3v) is 5.07. The minimum atomic E-state index is -3.60. The SMILES string of the molecule is CCNc1ccncc1S(=O)(=O)N(CC)C(C)COC. The summed E-state index contributed by atoms with van der Waals surface area (Å²) in [5.41, 5.74) is 0.575. The van der Waals surface area contributed by atoms with E-state index in [0.29, 0.717) is 25.4 Å². The quantitative estimate of drug-likeness (QED) is 0.789. The lowest BCUT2D eigenvalue weighted by Crippen LogP contribution is -2.41. The van der Waals surface area contributed by atoms with Gasteiger partial charge in [-0.2, -0.15) is 4.31 Å². The Labute approximate surface area is 121 Å². The van der Waals surface area contributed by atoms with Gasteiger partial charge < -0.3 is 10.1 Å². The number of hydrogen-bond donors (Lipinski definition) is 1. The van der Waals surface area contributed by atoms with Crippen molar-refractivity contribution in [3.63, 3.8) is 0 Å². The maximum Gasteiger partial charge on any atom is 0.246 e. The zero-order chi connectivity index (χ0) is 15.2. The van der Waals surface area contributed by atoms with Crippen molar-refractivity contribution >= 4 is 15.7 Å². The first-order valence-corrected chi connectivity index (χ1v) is 8.11. The molecule has 20 heavy (non-hydrogen) atoms. The Morgan fingerprint density at radius 1 is 1.45 bits per heavy atom. The topological polar surface area (TPSA) is 71.5 Å². The molecule has 0 saturated heterocycles. The molecular weight excluding hydrogens is 278 g/mol. The predicted octanol–water partition coefficient (Wildman–Crippen LogP) is 1.56. The number of methoxy groups -OCH3 is 1. The summed E-state index contributed by atoms with van der Waals surface area (Å²) in [6, 6.07) is 1.44. The number of ether oxygens (including phenoxy) is 1. The lowest BCUT2D eigenvalue weighted by Gasteiger charge is -2.27. The number of hydrogen-bond acceptors (Lipinski definition) is 5. The largest absolute Gasteiger partial charge is 0.384 e. The number of sulfonamides is 1. The number of aromatic nitrogens is 1. The van der Waals surface area contributed by atoms with Gasteiger partial charge in [0.25, 0.3) is 0 Å². The van der Waals surface area contributed by atoms with Gasteiger partial charge in [-0.15, -0.1) is 0 Å². The molecule has 0 radical (unpaired) electrons. The van der Waals surface area contributed by atoms with Crippen molar-refractivity contribution < 1.29 is 13.2 Å². The zero-order valence-corrected chi connectivity index (χ0v) is 13.3. The Bertz CT molecular complexity index is 519. The highest BCUT2D eigenvalue weighted by atomic mass is 32.2. The minimum absolute atomic E-state index is 0.201. The number of likely N-dealkylation sites (N-methyl/N-ethyl adjacent to an activating group) is 1. The highest BCUT2D eigenvalue weighted by Crippen LogP contribution is 2.24. The maximum absolute atomic E-state index is 12.8. The van der Waals surface area contributed by atoms with Gasteiger partial charge >= 0.3 is 0 Å². The van der Waals surface area contributed by atoms with Gasteiger partial charge in [0.2, 0.25) is 10.0 Å². The molecule has 0 aliphatic heterocycles. The second-order valence-corrected chi connectivity index (χ2v) is 6.27. The average Bonchev–Trinajstić information content (AvgIpc) is 2.40. The third kappa shape index (κ3) is 3.68. The Morgan fingerprint density at radius 2 is 2.15 bits per heavy atom. The van der Waals surface area contributed by atoms with Gasteiger partial charge in [-0.25, -0.2) is 8.42 Å². The number of rotatable bonds is 8. The summed E-state index contributed by atoms with van der Waals surface area (Å²) >= 11 is 0. The lowest BCUT2D eigenvalue weighted by molar-refractivity contribution is 0.142. The van der Waals surface area contributed by atoms with Crippen LogP contribution in [0.5, 0.6) is 0 Å². The average molecular weight is 301 g/mol. The maximum atomic E-state index is 12.8. The first-order valence-electron chi connectivity index (χ1n) is 6.67. The van der Waals surface area contributed by atoms with Gasteiger partial charge in [0.15, 0.2) is 0 Å². The number of anilines is 1. The van der Waals surface area contributed by atoms with Gasteiger partial charge in [-0.05, 0) is 19.9 Å². The van der Waals surface area contributed by atoms with Crippen molar-refractivity contribution in [3.8, 4) is 0 Å². The molecule has 6 nitrogen and oxygen atoms in total. The molecule has 0 amide bonds. The van der Waals surface area contributed by atoms with E-state index in [0.717, 1.165) is 0 Å². The molecule has 0 aliphatic rings. The summed E-state index contributed by atoms with van der Waals surface area (Å²) < 4.78 is 32.0. The summed E-state index contributed by atoms with van der Waals surface area (Å²) in [7, 11) is -2.04. The van der Waals surface area contributed by atoms with Crippen molar-refractivity contribution in [2.45, 2.75) is 31.7 Å². The van der Waals surface area contributed by atoms with Crippen LogP contribution in [0.1, 0.15) is 20.8 Å². The van der Waals surface area contributed by atoms with Gasteiger partial charge in [-0.3, -0.25) is 4.98 Å². The van der Waals surface area contributed by atoms with Crippen LogP contribution in [0.3, 0.4) is 0 Å². The van der Waals surface area contributed by atoms with E-state index in [4.69, 9.17) is 4.74 Å². The van der Waals surface area contributed by atoms with Gasteiger partial charge in [-0.1, -0.05) is 6.92 Å². The molecule has 1 aromatic heterocycles.